The van der Waals surface area contributed by atoms with Crippen molar-refractivity contribution in [3.63, 3.8) is 0 Å². The minimum absolute atomic E-state index is 0.241. The molecule has 1 atom stereocenters. The second-order valence-electron chi connectivity index (χ2n) is 7.32. The molecule has 0 aliphatic heterocycles. The number of carbonyl (C=O) groups is 1. The highest BCUT2D eigenvalue weighted by Crippen LogP contribution is 2.25. The van der Waals surface area contributed by atoms with Crippen molar-refractivity contribution in [2.75, 3.05) is 6.54 Å². The number of H-pyrrole nitrogens is 1. The number of para-hydroxylation sites is 1. The highest BCUT2D eigenvalue weighted by Gasteiger charge is 2.35. The van der Waals surface area contributed by atoms with E-state index in [9.17, 15) is 32.4 Å². The summed E-state index contributed by atoms with van der Waals surface area (Å²) in [6, 6.07) is 12.4. The lowest BCUT2D eigenvalue weighted by Crippen LogP contribution is -2.50. The zero-order valence-corrected chi connectivity index (χ0v) is 19.4. The van der Waals surface area contributed by atoms with E-state index in [1.807, 2.05) is 11.1 Å². The third-order valence-electron chi connectivity index (χ3n) is 5.06. The third kappa shape index (κ3) is 5.87. The van der Waals surface area contributed by atoms with Crippen molar-refractivity contribution in [1.82, 2.24) is 19.3 Å². The molecule has 2 aromatic carbocycles. The van der Waals surface area contributed by atoms with Crippen molar-refractivity contribution < 1.29 is 27.5 Å². The number of sulfonamides is 1. The van der Waals surface area contributed by atoms with Crippen molar-refractivity contribution in [1.29, 1.82) is 0 Å². The molecule has 0 saturated heterocycles. The van der Waals surface area contributed by atoms with Crippen molar-refractivity contribution in [3.05, 3.63) is 87.4 Å². The fourth-order valence-electron chi connectivity index (χ4n) is 3.31. The fourth-order valence-corrected chi connectivity index (χ4v) is 4.84. The van der Waals surface area contributed by atoms with E-state index >= 15 is 0 Å². The number of hydroxylamine groups is 1. The minimum atomic E-state index is -4.42. The maximum Gasteiger partial charge on any atom is 0.328 e. The van der Waals surface area contributed by atoms with Gasteiger partial charge in [-0.3, -0.25) is 19.4 Å². The Labute approximate surface area is 204 Å². The standard InChI is InChI=1S/C23H21FN4O7S/c1-2-13-28(20(21(29)26-32)12-14-27-22(30)19(24)15-25-23(27)31)36(33,34)18-10-8-17(9-11-18)35-16-6-4-3-5-7-16/h1,3-11,15,20,32H,12-14H2,(H,25,31)(H,26,29). The molecule has 0 aliphatic carbocycles. The largest absolute Gasteiger partial charge is 0.457 e. The normalized spacial score (nSPS) is 12.1. The van der Waals surface area contributed by atoms with Gasteiger partial charge in [0.1, 0.15) is 17.5 Å². The Hall–Kier alpha value is -4.25. The van der Waals surface area contributed by atoms with Crippen LogP contribution < -0.4 is 21.5 Å². The quantitative estimate of drug-likeness (QED) is 0.207. The van der Waals surface area contributed by atoms with E-state index in [-0.39, 0.29) is 4.90 Å². The Morgan fingerprint density at radius 1 is 1.17 bits per heavy atom. The van der Waals surface area contributed by atoms with Gasteiger partial charge in [-0.1, -0.05) is 24.1 Å². The summed E-state index contributed by atoms with van der Waals surface area (Å²) < 4.78 is 47.1. The van der Waals surface area contributed by atoms with Crippen LogP contribution in [-0.4, -0.2) is 46.0 Å². The van der Waals surface area contributed by atoms with Crippen molar-refractivity contribution >= 4 is 15.9 Å². The van der Waals surface area contributed by atoms with E-state index in [2.05, 4.69) is 5.92 Å². The number of aromatic amines is 1. The molecule has 1 amide bonds. The van der Waals surface area contributed by atoms with E-state index < -0.39 is 58.5 Å². The predicted molar refractivity (Wildman–Crippen MR) is 125 cm³/mol. The Morgan fingerprint density at radius 3 is 2.42 bits per heavy atom. The lowest BCUT2D eigenvalue weighted by Gasteiger charge is -2.28. The molecule has 1 heterocycles. The minimum Gasteiger partial charge on any atom is -0.457 e. The average molecular weight is 517 g/mol. The van der Waals surface area contributed by atoms with Gasteiger partial charge in [0.15, 0.2) is 0 Å². The van der Waals surface area contributed by atoms with Gasteiger partial charge in [0.25, 0.3) is 11.5 Å². The molecule has 3 aromatic rings. The van der Waals surface area contributed by atoms with E-state index in [4.69, 9.17) is 11.2 Å². The summed E-state index contributed by atoms with van der Waals surface area (Å²) in [6.07, 6.45) is 5.43. The number of hydrogen-bond acceptors (Lipinski definition) is 7. The zero-order chi connectivity index (χ0) is 26.3. The molecule has 188 valence electrons. The Morgan fingerprint density at radius 2 is 1.81 bits per heavy atom. The summed E-state index contributed by atoms with van der Waals surface area (Å²) in [6.45, 7) is -1.14. The summed E-state index contributed by atoms with van der Waals surface area (Å²) >= 11 is 0. The molecule has 1 aromatic heterocycles. The highest BCUT2D eigenvalue weighted by atomic mass is 32.2. The van der Waals surface area contributed by atoms with Gasteiger partial charge in [-0.2, -0.15) is 8.70 Å². The Kier molecular flexibility index (Phi) is 8.38. The number of hydrogen-bond donors (Lipinski definition) is 3. The summed E-state index contributed by atoms with van der Waals surface area (Å²) in [4.78, 5) is 38.1. The number of rotatable bonds is 10. The molecule has 0 saturated carbocycles. The number of terminal acetylenes is 1. The lowest BCUT2D eigenvalue weighted by atomic mass is 10.2. The second kappa shape index (κ2) is 11.5. The van der Waals surface area contributed by atoms with Crippen LogP contribution in [0.3, 0.4) is 0 Å². The van der Waals surface area contributed by atoms with Crippen LogP contribution >= 0.6 is 0 Å². The van der Waals surface area contributed by atoms with Gasteiger partial charge in [-0.05, 0) is 42.8 Å². The Bertz CT molecular complexity index is 1480. The van der Waals surface area contributed by atoms with Crippen molar-refractivity contribution in [2.24, 2.45) is 0 Å². The van der Waals surface area contributed by atoms with Crippen LogP contribution in [0.15, 0.2) is 75.3 Å². The molecule has 36 heavy (non-hydrogen) atoms. The molecular weight excluding hydrogens is 495 g/mol. The number of nitrogens with one attached hydrogen (secondary N) is 2. The van der Waals surface area contributed by atoms with Crippen LogP contribution in [0.5, 0.6) is 11.5 Å². The highest BCUT2D eigenvalue weighted by molar-refractivity contribution is 7.89. The maximum absolute atomic E-state index is 13.6. The molecule has 0 bridgehead atoms. The lowest BCUT2D eigenvalue weighted by molar-refractivity contribution is -0.133. The van der Waals surface area contributed by atoms with Gasteiger partial charge in [0, 0.05) is 12.7 Å². The van der Waals surface area contributed by atoms with E-state index in [0.717, 1.165) is 0 Å². The summed E-state index contributed by atoms with van der Waals surface area (Å²) in [5.41, 5.74) is -0.870. The SMILES string of the molecule is C#CCN(C(CCn1c(=O)[nH]cc(F)c1=O)C(=O)NO)S(=O)(=O)c1ccc(Oc2ccccc2)cc1. The van der Waals surface area contributed by atoms with Crippen LogP contribution in [0.2, 0.25) is 0 Å². The topological polar surface area (TPSA) is 151 Å². The van der Waals surface area contributed by atoms with Gasteiger partial charge >= 0.3 is 5.69 Å². The number of nitrogens with zero attached hydrogens (tertiary/aromatic N) is 2. The molecule has 3 rings (SSSR count). The number of amides is 1. The molecular formula is C23H21FN4O7S. The van der Waals surface area contributed by atoms with Gasteiger partial charge in [-0.15, -0.1) is 6.42 Å². The number of ether oxygens (including phenoxy) is 1. The first-order valence-corrected chi connectivity index (χ1v) is 11.8. The van der Waals surface area contributed by atoms with Crippen LogP contribution in [0.4, 0.5) is 4.39 Å². The summed E-state index contributed by atoms with van der Waals surface area (Å²) in [5, 5.41) is 9.20. The third-order valence-corrected chi connectivity index (χ3v) is 6.93. The average Bonchev–Trinajstić information content (AvgIpc) is 2.88. The molecule has 0 radical (unpaired) electrons. The number of aromatic nitrogens is 2. The molecule has 13 heteroatoms. The first-order valence-electron chi connectivity index (χ1n) is 10.4. The van der Waals surface area contributed by atoms with E-state index in [0.29, 0.717) is 26.6 Å². The fraction of sp³-hybridized carbons (Fsp3) is 0.174. The maximum atomic E-state index is 13.6. The van der Waals surface area contributed by atoms with Crippen LogP contribution in [0.1, 0.15) is 6.42 Å². The molecule has 1 unspecified atom stereocenters. The van der Waals surface area contributed by atoms with Gasteiger partial charge in [-0.25, -0.2) is 18.7 Å². The molecule has 11 nitrogen and oxygen atoms in total. The second-order valence-corrected chi connectivity index (χ2v) is 9.21. The first kappa shape index (κ1) is 26.4. The monoisotopic (exact) mass is 516 g/mol. The van der Waals surface area contributed by atoms with E-state index in [1.54, 1.807) is 24.3 Å². The molecule has 0 fully saturated rings. The molecule has 0 spiro atoms. The summed E-state index contributed by atoms with van der Waals surface area (Å²) in [5.74, 6) is 0.604. The van der Waals surface area contributed by atoms with Gasteiger partial charge in [0.05, 0.1) is 11.4 Å². The van der Waals surface area contributed by atoms with Crippen molar-refractivity contribution in [2.45, 2.75) is 23.9 Å². The predicted octanol–water partition coefficient (Wildman–Crippen LogP) is 1.06. The van der Waals surface area contributed by atoms with Crippen molar-refractivity contribution in [3.8, 4) is 23.8 Å². The smallest absolute Gasteiger partial charge is 0.328 e. The van der Waals surface area contributed by atoms with Crippen LogP contribution in [0, 0.1) is 18.2 Å². The first-order chi connectivity index (χ1) is 17.2. The van der Waals surface area contributed by atoms with Gasteiger partial charge in [0.2, 0.25) is 15.8 Å². The summed E-state index contributed by atoms with van der Waals surface area (Å²) in [7, 11) is -4.42. The number of halogens is 1. The molecule has 0 aliphatic rings. The molecule has 3 N–H and O–H groups in total. The van der Waals surface area contributed by atoms with Crippen LogP contribution in [-0.2, 0) is 21.4 Å². The van der Waals surface area contributed by atoms with E-state index in [1.165, 1.54) is 29.7 Å². The number of carbonyl (C=O) groups excluding carboxylic acids is 1. The Balaban J connectivity index is 1.91. The van der Waals surface area contributed by atoms with Gasteiger partial charge < -0.3 is 9.72 Å². The van der Waals surface area contributed by atoms with Crippen LogP contribution in [0.25, 0.3) is 0 Å². The number of benzene rings is 2. The zero-order valence-electron chi connectivity index (χ0n) is 18.6.